The maximum atomic E-state index is 14.7. The molecule has 0 spiro atoms. The summed E-state index contributed by atoms with van der Waals surface area (Å²) in [5, 5.41) is 0. The summed E-state index contributed by atoms with van der Waals surface area (Å²) in [6.45, 7) is 4.52. The lowest BCUT2D eigenvalue weighted by Crippen LogP contribution is -2.11. The van der Waals surface area contributed by atoms with E-state index in [2.05, 4.69) is 25.2 Å². The summed E-state index contributed by atoms with van der Waals surface area (Å²) in [4.78, 5) is 0. The van der Waals surface area contributed by atoms with Crippen molar-refractivity contribution in [1.29, 1.82) is 0 Å². The van der Waals surface area contributed by atoms with Crippen LogP contribution in [0.15, 0.2) is 30.4 Å². The molecule has 0 aromatic heterocycles. The van der Waals surface area contributed by atoms with E-state index in [1.807, 2.05) is 6.92 Å². The Morgan fingerprint density at radius 1 is 1.19 bits per heavy atom. The normalized spacial score (nSPS) is 24.9. The number of benzene rings is 1. The van der Waals surface area contributed by atoms with Crippen LogP contribution in [0.25, 0.3) is 5.57 Å². The van der Waals surface area contributed by atoms with Crippen molar-refractivity contribution in [1.82, 2.24) is 0 Å². The first-order valence-corrected chi connectivity index (χ1v) is 10.1. The number of allylic oxidation sites excluding steroid dienone is 4. The Kier molecular flexibility index (Phi) is 6.50. The lowest BCUT2D eigenvalue weighted by molar-refractivity contribution is 0.288. The van der Waals surface area contributed by atoms with E-state index in [4.69, 9.17) is 4.74 Å². The van der Waals surface area contributed by atoms with Gasteiger partial charge in [0.05, 0.1) is 6.61 Å². The van der Waals surface area contributed by atoms with Gasteiger partial charge in [-0.2, -0.15) is 4.39 Å². The minimum absolute atomic E-state index is 0.0329. The van der Waals surface area contributed by atoms with Crippen molar-refractivity contribution in [2.24, 2.45) is 17.8 Å². The molecular weight excluding hydrogens is 330 g/mol. The molecule has 3 unspecified atom stereocenters. The van der Waals surface area contributed by atoms with Gasteiger partial charge in [0.15, 0.2) is 11.6 Å². The second kappa shape index (κ2) is 8.83. The van der Waals surface area contributed by atoms with Crippen LogP contribution in [0.4, 0.5) is 8.78 Å². The van der Waals surface area contributed by atoms with E-state index in [-0.39, 0.29) is 5.75 Å². The average molecular weight is 360 g/mol. The van der Waals surface area contributed by atoms with Gasteiger partial charge in [0, 0.05) is 5.56 Å². The van der Waals surface area contributed by atoms with E-state index in [1.165, 1.54) is 12.8 Å². The first-order chi connectivity index (χ1) is 12.7. The van der Waals surface area contributed by atoms with Gasteiger partial charge < -0.3 is 4.74 Å². The molecule has 1 nitrogen and oxygen atoms in total. The Morgan fingerprint density at radius 2 is 2.04 bits per heavy atom. The molecular formula is C23H30F2O. The molecule has 3 atom stereocenters. The number of unbranched alkanes of at least 4 members (excludes halogenated alkanes) is 1. The number of hydrogen-bond acceptors (Lipinski definition) is 1. The molecule has 2 aliphatic carbocycles. The van der Waals surface area contributed by atoms with Crippen LogP contribution in [0.1, 0.15) is 64.4 Å². The number of hydrogen-bond donors (Lipinski definition) is 0. The van der Waals surface area contributed by atoms with Crippen LogP contribution < -0.4 is 4.74 Å². The summed E-state index contributed by atoms with van der Waals surface area (Å²) in [6.07, 6.45) is 13.9. The van der Waals surface area contributed by atoms with Gasteiger partial charge >= 0.3 is 0 Å². The van der Waals surface area contributed by atoms with Crippen molar-refractivity contribution in [3.05, 3.63) is 47.6 Å². The summed E-state index contributed by atoms with van der Waals surface area (Å²) in [5.74, 6) is 0.124. The minimum Gasteiger partial charge on any atom is -0.490 e. The Hall–Kier alpha value is -1.64. The molecule has 0 heterocycles. The molecule has 1 fully saturated rings. The summed E-state index contributed by atoms with van der Waals surface area (Å²) < 4.78 is 34.5. The van der Waals surface area contributed by atoms with Gasteiger partial charge in [-0.1, -0.05) is 31.6 Å². The van der Waals surface area contributed by atoms with Gasteiger partial charge in [-0.05, 0) is 80.9 Å². The van der Waals surface area contributed by atoms with Crippen molar-refractivity contribution in [2.75, 3.05) is 6.61 Å². The number of ether oxygens (including phenoxy) is 1. The van der Waals surface area contributed by atoms with Crippen LogP contribution in [-0.4, -0.2) is 6.61 Å². The highest BCUT2D eigenvalue weighted by Crippen LogP contribution is 2.52. The Labute approximate surface area is 156 Å². The van der Waals surface area contributed by atoms with Crippen molar-refractivity contribution < 1.29 is 13.5 Å². The summed E-state index contributed by atoms with van der Waals surface area (Å²) in [6, 6.07) is 3.30. The van der Waals surface area contributed by atoms with Gasteiger partial charge in [0.1, 0.15) is 0 Å². The van der Waals surface area contributed by atoms with Crippen molar-refractivity contribution >= 4 is 5.57 Å². The van der Waals surface area contributed by atoms with Crippen molar-refractivity contribution in [2.45, 2.75) is 58.8 Å². The first-order valence-electron chi connectivity index (χ1n) is 10.1. The molecule has 3 heteroatoms. The number of halogens is 2. The molecule has 0 aliphatic heterocycles. The molecule has 142 valence electrons. The molecule has 1 aromatic rings. The molecule has 1 aromatic carbocycles. The third-order valence-corrected chi connectivity index (χ3v) is 6.03. The lowest BCUT2D eigenvalue weighted by atomic mass is 9.85. The molecule has 1 saturated carbocycles. The van der Waals surface area contributed by atoms with Crippen molar-refractivity contribution in [3.63, 3.8) is 0 Å². The maximum absolute atomic E-state index is 14.7. The van der Waals surface area contributed by atoms with Crippen molar-refractivity contribution in [3.8, 4) is 5.75 Å². The Bertz CT molecular complexity index is 677. The zero-order valence-corrected chi connectivity index (χ0v) is 15.9. The maximum Gasteiger partial charge on any atom is 0.201 e. The van der Waals surface area contributed by atoms with Gasteiger partial charge in [-0.15, -0.1) is 0 Å². The van der Waals surface area contributed by atoms with E-state index < -0.39 is 11.6 Å². The molecule has 2 aliphatic rings. The second-order valence-electron chi connectivity index (χ2n) is 7.59. The quantitative estimate of drug-likeness (QED) is 0.361. The van der Waals surface area contributed by atoms with Crippen LogP contribution in [0.2, 0.25) is 0 Å². The highest BCUT2D eigenvalue weighted by molar-refractivity contribution is 5.71. The predicted octanol–water partition coefficient (Wildman–Crippen LogP) is 6.93. The fourth-order valence-corrected chi connectivity index (χ4v) is 4.65. The van der Waals surface area contributed by atoms with Gasteiger partial charge in [0.25, 0.3) is 0 Å². The zero-order valence-electron chi connectivity index (χ0n) is 15.9. The Balaban J connectivity index is 1.71. The first kappa shape index (κ1) is 19.1. The van der Waals surface area contributed by atoms with E-state index in [9.17, 15) is 8.78 Å². The smallest absolute Gasteiger partial charge is 0.201 e. The molecule has 0 bridgehead atoms. The van der Waals surface area contributed by atoms with Crippen LogP contribution in [-0.2, 0) is 0 Å². The molecule has 0 N–H and O–H groups in total. The largest absolute Gasteiger partial charge is 0.490 e. The SMILES string of the molecule is C/C=C/CCC1CCC2C(c3ccc(OCCCC)c(F)c3F)=CCC12. The standard InChI is InChI=1S/C23H30F2O/c1-3-5-7-8-16-9-10-18-17(16)11-12-19(18)20-13-14-21(23(25)22(20)24)26-15-6-4-2/h3,5,12-14,16-18H,4,6-11,15H2,1-2H3/b5-3+. The highest BCUT2D eigenvalue weighted by Gasteiger charge is 2.41. The third-order valence-electron chi connectivity index (χ3n) is 6.03. The molecule has 26 heavy (non-hydrogen) atoms. The molecule has 3 rings (SSSR count). The van der Waals surface area contributed by atoms with Crippen LogP contribution in [0.5, 0.6) is 5.75 Å². The van der Waals surface area contributed by atoms with Gasteiger partial charge in [0.2, 0.25) is 5.82 Å². The lowest BCUT2D eigenvalue weighted by Gasteiger charge is -2.20. The average Bonchev–Trinajstić information content (AvgIpc) is 3.22. The van der Waals surface area contributed by atoms with Crippen LogP contribution in [0, 0.1) is 29.4 Å². The molecule has 0 radical (unpaired) electrons. The highest BCUT2D eigenvalue weighted by atomic mass is 19.2. The molecule has 0 saturated heterocycles. The fraction of sp³-hybridized carbons (Fsp3) is 0.565. The van der Waals surface area contributed by atoms with Gasteiger partial charge in [-0.25, -0.2) is 4.39 Å². The van der Waals surface area contributed by atoms with Crippen LogP contribution >= 0.6 is 0 Å². The van der Waals surface area contributed by atoms with Crippen LogP contribution in [0.3, 0.4) is 0 Å². The summed E-state index contributed by atoms with van der Waals surface area (Å²) in [5.41, 5.74) is 1.45. The van der Waals surface area contributed by atoms with E-state index in [0.29, 0.717) is 29.9 Å². The fourth-order valence-electron chi connectivity index (χ4n) is 4.65. The minimum atomic E-state index is -0.842. The molecule has 0 amide bonds. The number of rotatable bonds is 8. The topological polar surface area (TPSA) is 9.23 Å². The summed E-state index contributed by atoms with van der Waals surface area (Å²) in [7, 11) is 0. The van der Waals surface area contributed by atoms with Gasteiger partial charge in [-0.3, -0.25) is 0 Å². The van der Waals surface area contributed by atoms with E-state index >= 15 is 0 Å². The third kappa shape index (κ3) is 3.87. The zero-order chi connectivity index (χ0) is 18.5. The second-order valence-corrected chi connectivity index (χ2v) is 7.59. The predicted molar refractivity (Wildman–Crippen MR) is 103 cm³/mol. The summed E-state index contributed by atoms with van der Waals surface area (Å²) >= 11 is 0. The number of fused-ring (bicyclic) bond motifs is 1. The van der Waals surface area contributed by atoms with E-state index in [1.54, 1.807) is 12.1 Å². The van der Waals surface area contributed by atoms with E-state index in [0.717, 1.165) is 37.7 Å². The monoisotopic (exact) mass is 360 g/mol. The Morgan fingerprint density at radius 3 is 2.81 bits per heavy atom.